The number of carboxylic acid groups (broad SMARTS) is 1. The van der Waals surface area contributed by atoms with E-state index in [1.165, 1.54) is 0 Å². The zero-order valence-electron chi connectivity index (χ0n) is 14.9. The van der Waals surface area contributed by atoms with Crippen molar-refractivity contribution in [2.75, 3.05) is 32.7 Å². The van der Waals surface area contributed by atoms with Gasteiger partial charge < -0.3 is 15.3 Å². The summed E-state index contributed by atoms with van der Waals surface area (Å²) >= 11 is 0. The number of nitrogens with zero attached hydrogens (tertiary/aromatic N) is 3. The summed E-state index contributed by atoms with van der Waals surface area (Å²) in [6.45, 7) is 6.00. The molecule has 2 heterocycles. The number of piperazine rings is 1. The zero-order chi connectivity index (χ0) is 18.9. The minimum absolute atomic E-state index is 0.0739. The fourth-order valence-corrected chi connectivity index (χ4v) is 4.77. The predicted octanol–water partition coefficient (Wildman–Crippen LogP) is 0.529. The minimum Gasteiger partial charge on any atom is -0.480 e. The third-order valence-corrected chi connectivity index (χ3v) is 6.65. The van der Waals surface area contributed by atoms with Crippen LogP contribution in [-0.4, -0.2) is 73.4 Å². The molecule has 0 radical (unpaired) electrons. The van der Waals surface area contributed by atoms with E-state index in [2.05, 4.69) is 10.3 Å². The van der Waals surface area contributed by atoms with Gasteiger partial charge in [0.2, 0.25) is 10.0 Å². The first-order valence-electron chi connectivity index (χ1n) is 8.68. The lowest BCUT2D eigenvalue weighted by Crippen LogP contribution is -2.60. The normalized spacial score (nSPS) is 21.6. The SMILES string of the molecule is CC(C)c1ccc(S(=O)(=O)N2CCN(C3=NCCN3)CC2C(=O)O)cc1. The molecule has 26 heavy (non-hydrogen) atoms. The number of hydrogen-bond acceptors (Lipinski definition) is 6. The number of guanidine groups is 1. The number of nitrogens with one attached hydrogen (secondary N) is 1. The monoisotopic (exact) mass is 380 g/mol. The third kappa shape index (κ3) is 3.54. The predicted molar refractivity (Wildman–Crippen MR) is 97.7 cm³/mol. The van der Waals surface area contributed by atoms with E-state index in [9.17, 15) is 18.3 Å². The molecule has 2 aliphatic heterocycles. The van der Waals surface area contributed by atoms with Crippen molar-refractivity contribution in [3.05, 3.63) is 29.8 Å². The summed E-state index contributed by atoms with van der Waals surface area (Å²) in [5.74, 6) is -0.216. The van der Waals surface area contributed by atoms with Gasteiger partial charge in [-0.15, -0.1) is 0 Å². The van der Waals surface area contributed by atoms with Gasteiger partial charge in [0, 0.05) is 26.2 Å². The molecular formula is C17H24N4O4S. The fraction of sp³-hybridized carbons (Fsp3) is 0.529. The van der Waals surface area contributed by atoms with Gasteiger partial charge in [-0.05, 0) is 23.6 Å². The van der Waals surface area contributed by atoms with Crippen molar-refractivity contribution < 1.29 is 18.3 Å². The van der Waals surface area contributed by atoms with Crippen molar-refractivity contribution in [3.63, 3.8) is 0 Å². The Bertz CT molecular complexity index is 805. The Kier molecular flexibility index (Phi) is 5.19. The van der Waals surface area contributed by atoms with Crippen LogP contribution in [-0.2, 0) is 14.8 Å². The molecule has 2 N–H and O–H groups in total. The average molecular weight is 380 g/mol. The summed E-state index contributed by atoms with van der Waals surface area (Å²) in [5.41, 5.74) is 1.04. The summed E-state index contributed by atoms with van der Waals surface area (Å²) in [4.78, 5) is 18.0. The van der Waals surface area contributed by atoms with Crippen LogP contribution in [0.3, 0.4) is 0 Å². The van der Waals surface area contributed by atoms with Crippen molar-refractivity contribution in [3.8, 4) is 0 Å². The van der Waals surface area contributed by atoms with Gasteiger partial charge in [0.05, 0.1) is 11.4 Å². The van der Waals surface area contributed by atoms with E-state index < -0.39 is 22.0 Å². The van der Waals surface area contributed by atoms with Gasteiger partial charge in [0.15, 0.2) is 5.96 Å². The molecule has 1 atom stereocenters. The van der Waals surface area contributed by atoms with E-state index in [-0.39, 0.29) is 18.0 Å². The molecule has 0 aliphatic carbocycles. The first-order chi connectivity index (χ1) is 12.3. The number of sulfonamides is 1. The second-order valence-electron chi connectivity index (χ2n) is 6.77. The molecule has 142 valence electrons. The lowest BCUT2D eigenvalue weighted by Gasteiger charge is -2.39. The van der Waals surface area contributed by atoms with Crippen molar-refractivity contribution >= 4 is 22.0 Å². The van der Waals surface area contributed by atoms with Crippen molar-refractivity contribution in [1.29, 1.82) is 0 Å². The number of rotatable bonds is 4. The molecule has 1 saturated heterocycles. The molecule has 0 aromatic heterocycles. The number of carbonyl (C=O) groups is 1. The van der Waals surface area contributed by atoms with E-state index >= 15 is 0 Å². The van der Waals surface area contributed by atoms with Crippen LogP contribution < -0.4 is 5.32 Å². The number of aliphatic carboxylic acids is 1. The first kappa shape index (κ1) is 18.7. The van der Waals surface area contributed by atoms with Crippen LogP contribution in [0.5, 0.6) is 0 Å². The Labute approximate surface area is 153 Å². The van der Waals surface area contributed by atoms with Crippen LogP contribution in [0.1, 0.15) is 25.3 Å². The highest BCUT2D eigenvalue weighted by atomic mass is 32.2. The molecule has 8 nitrogen and oxygen atoms in total. The van der Waals surface area contributed by atoms with Crippen molar-refractivity contribution in [2.45, 2.75) is 30.7 Å². The number of benzene rings is 1. The summed E-state index contributed by atoms with van der Waals surface area (Å²) in [6.07, 6.45) is 0. The van der Waals surface area contributed by atoms with Crippen LogP contribution in [0.25, 0.3) is 0 Å². The number of carboxylic acids is 1. The van der Waals surface area contributed by atoms with Gasteiger partial charge in [-0.3, -0.25) is 9.79 Å². The van der Waals surface area contributed by atoms with E-state index in [0.717, 1.165) is 9.87 Å². The van der Waals surface area contributed by atoms with Gasteiger partial charge in [-0.1, -0.05) is 26.0 Å². The molecular weight excluding hydrogens is 356 g/mol. The Morgan fingerprint density at radius 1 is 1.27 bits per heavy atom. The second kappa shape index (κ2) is 7.24. The second-order valence-corrected chi connectivity index (χ2v) is 8.66. The highest BCUT2D eigenvalue weighted by Gasteiger charge is 2.41. The van der Waals surface area contributed by atoms with Crippen LogP contribution in [0.15, 0.2) is 34.2 Å². The molecule has 0 spiro atoms. The van der Waals surface area contributed by atoms with Crippen LogP contribution in [0, 0.1) is 0 Å². The highest BCUT2D eigenvalue weighted by molar-refractivity contribution is 7.89. The van der Waals surface area contributed by atoms with Crippen LogP contribution >= 0.6 is 0 Å². The lowest BCUT2D eigenvalue weighted by atomic mass is 10.0. The smallest absolute Gasteiger partial charge is 0.323 e. The molecule has 0 saturated carbocycles. The molecule has 1 unspecified atom stereocenters. The van der Waals surface area contributed by atoms with Gasteiger partial charge in [-0.25, -0.2) is 8.42 Å². The van der Waals surface area contributed by atoms with E-state index in [1.807, 2.05) is 13.8 Å². The van der Waals surface area contributed by atoms with Gasteiger partial charge >= 0.3 is 5.97 Å². The Hall–Kier alpha value is -2.13. The lowest BCUT2D eigenvalue weighted by molar-refractivity contribution is -0.142. The van der Waals surface area contributed by atoms with E-state index in [1.54, 1.807) is 29.2 Å². The molecule has 1 fully saturated rings. The van der Waals surface area contributed by atoms with Crippen molar-refractivity contribution in [2.24, 2.45) is 4.99 Å². The Morgan fingerprint density at radius 2 is 1.96 bits per heavy atom. The summed E-state index contributed by atoms with van der Waals surface area (Å²) < 4.78 is 27.1. The molecule has 2 aliphatic rings. The summed E-state index contributed by atoms with van der Waals surface area (Å²) in [7, 11) is -3.88. The molecule has 0 amide bonds. The number of aliphatic imine (C=N–C) groups is 1. The summed E-state index contributed by atoms with van der Waals surface area (Å²) in [6, 6.07) is 5.52. The van der Waals surface area contributed by atoms with Crippen LogP contribution in [0.2, 0.25) is 0 Å². The number of hydrogen-bond donors (Lipinski definition) is 2. The Morgan fingerprint density at radius 3 is 2.50 bits per heavy atom. The molecule has 0 bridgehead atoms. The molecule has 9 heteroatoms. The molecule has 3 rings (SSSR count). The largest absolute Gasteiger partial charge is 0.480 e. The van der Waals surface area contributed by atoms with E-state index in [0.29, 0.717) is 31.5 Å². The standard InChI is InChI=1S/C17H24N4O4S/c1-12(2)13-3-5-14(6-4-13)26(24,25)21-10-9-20(11-15(21)16(22)23)17-18-7-8-19-17/h3-6,12,15H,7-11H2,1-2H3,(H,18,19)(H,22,23). The topological polar surface area (TPSA) is 102 Å². The summed E-state index contributed by atoms with van der Waals surface area (Å²) in [5, 5.41) is 12.7. The zero-order valence-corrected chi connectivity index (χ0v) is 15.7. The van der Waals surface area contributed by atoms with Gasteiger partial charge in [-0.2, -0.15) is 4.31 Å². The third-order valence-electron chi connectivity index (χ3n) is 4.73. The maximum absolute atomic E-state index is 13.0. The maximum atomic E-state index is 13.0. The quantitative estimate of drug-likeness (QED) is 0.790. The maximum Gasteiger partial charge on any atom is 0.323 e. The Balaban J connectivity index is 1.85. The first-order valence-corrected chi connectivity index (χ1v) is 10.1. The van der Waals surface area contributed by atoms with Gasteiger partial charge in [0.25, 0.3) is 0 Å². The van der Waals surface area contributed by atoms with Gasteiger partial charge in [0.1, 0.15) is 6.04 Å². The van der Waals surface area contributed by atoms with E-state index in [4.69, 9.17) is 0 Å². The van der Waals surface area contributed by atoms with Crippen LogP contribution in [0.4, 0.5) is 0 Å². The minimum atomic E-state index is -3.88. The average Bonchev–Trinajstić information content (AvgIpc) is 3.16. The molecule has 1 aromatic rings. The molecule has 1 aromatic carbocycles. The highest BCUT2D eigenvalue weighted by Crippen LogP contribution is 2.24. The fourth-order valence-electron chi connectivity index (χ4n) is 3.20. The van der Waals surface area contributed by atoms with Crippen molar-refractivity contribution in [1.82, 2.24) is 14.5 Å².